The molecule has 2 N–H and O–H groups in total. The van der Waals surface area contributed by atoms with Gasteiger partial charge in [0.1, 0.15) is 6.10 Å². The summed E-state index contributed by atoms with van der Waals surface area (Å²) in [5, 5.41) is 5.82. The molecule has 0 saturated heterocycles. The lowest BCUT2D eigenvalue weighted by Gasteiger charge is -2.18. The Kier molecular flexibility index (Phi) is 6.77. The average molecular weight is 375 g/mol. The van der Waals surface area contributed by atoms with Gasteiger partial charge in [-0.05, 0) is 38.0 Å². The molecule has 138 valence electrons. The Balaban J connectivity index is 2.01. The zero-order valence-corrected chi connectivity index (χ0v) is 16.1. The van der Waals surface area contributed by atoms with Gasteiger partial charge in [-0.25, -0.2) is 0 Å². The van der Waals surface area contributed by atoms with E-state index in [9.17, 15) is 9.59 Å². The van der Waals surface area contributed by atoms with Gasteiger partial charge in [-0.2, -0.15) is 0 Å². The Morgan fingerprint density at radius 1 is 1.08 bits per heavy atom. The Morgan fingerprint density at radius 3 is 2.27 bits per heavy atom. The summed E-state index contributed by atoms with van der Waals surface area (Å²) in [6.07, 6.45) is -0.441. The topological polar surface area (TPSA) is 67.4 Å². The van der Waals surface area contributed by atoms with Gasteiger partial charge in [0.15, 0.2) is 0 Å². The molecule has 2 aromatic carbocycles. The van der Waals surface area contributed by atoms with Crippen molar-refractivity contribution in [1.82, 2.24) is 5.32 Å². The molecule has 1 unspecified atom stereocenters. The first-order valence-corrected chi connectivity index (χ1v) is 8.65. The maximum atomic E-state index is 12.2. The van der Waals surface area contributed by atoms with E-state index in [1.165, 1.54) is 7.11 Å². The first-order chi connectivity index (χ1) is 12.3. The largest absolute Gasteiger partial charge is 0.375 e. The molecule has 0 aliphatic heterocycles. The lowest BCUT2D eigenvalue weighted by molar-refractivity contribution is -0.136. The number of methoxy groups -OCH3 is 1. The normalized spacial score (nSPS) is 11.7. The number of ether oxygens (including phenoxy) is 1. The van der Waals surface area contributed by atoms with Crippen molar-refractivity contribution in [2.45, 2.75) is 26.9 Å². The van der Waals surface area contributed by atoms with Crippen molar-refractivity contribution in [3.63, 3.8) is 0 Å². The SMILES string of the molecule is COC(CNC(=O)C(=O)Nc1c(C)cc(C)cc1C)c1ccccc1Cl. The summed E-state index contributed by atoms with van der Waals surface area (Å²) in [5.74, 6) is -1.44. The minimum Gasteiger partial charge on any atom is -0.375 e. The lowest BCUT2D eigenvalue weighted by atomic mass is 10.1. The number of rotatable bonds is 5. The van der Waals surface area contributed by atoms with Crippen molar-refractivity contribution in [1.29, 1.82) is 0 Å². The van der Waals surface area contributed by atoms with Crippen LogP contribution in [0.2, 0.25) is 5.02 Å². The number of benzene rings is 2. The second-order valence-electron chi connectivity index (χ2n) is 6.18. The third kappa shape index (κ3) is 4.84. The van der Waals surface area contributed by atoms with Gasteiger partial charge in [0.2, 0.25) is 0 Å². The van der Waals surface area contributed by atoms with Crippen LogP contribution in [-0.4, -0.2) is 25.5 Å². The standard InChI is InChI=1S/C20H23ClN2O3/c1-12-9-13(2)18(14(3)10-12)23-20(25)19(24)22-11-17(26-4)15-7-5-6-8-16(15)21/h5-10,17H,11H2,1-4H3,(H,22,24)(H,23,25). The molecule has 26 heavy (non-hydrogen) atoms. The zero-order chi connectivity index (χ0) is 19.3. The zero-order valence-electron chi connectivity index (χ0n) is 15.4. The highest BCUT2D eigenvalue weighted by Gasteiger charge is 2.19. The van der Waals surface area contributed by atoms with E-state index in [4.69, 9.17) is 16.3 Å². The predicted molar refractivity (Wildman–Crippen MR) is 103 cm³/mol. The van der Waals surface area contributed by atoms with Crippen molar-refractivity contribution < 1.29 is 14.3 Å². The van der Waals surface area contributed by atoms with Gasteiger partial charge in [0.05, 0.1) is 0 Å². The third-order valence-corrected chi connectivity index (χ3v) is 4.45. The number of aryl methyl sites for hydroxylation is 3. The molecule has 0 fully saturated rings. The van der Waals surface area contributed by atoms with Crippen LogP contribution in [0.4, 0.5) is 5.69 Å². The van der Waals surface area contributed by atoms with Crippen LogP contribution in [0.3, 0.4) is 0 Å². The number of anilines is 1. The van der Waals surface area contributed by atoms with E-state index >= 15 is 0 Å². The van der Waals surface area contributed by atoms with Crippen LogP contribution in [-0.2, 0) is 14.3 Å². The number of hydrogen-bond acceptors (Lipinski definition) is 3. The molecule has 2 rings (SSSR count). The monoisotopic (exact) mass is 374 g/mol. The minimum atomic E-state index is -0.724. The van der Waals surface area contributed by atoms with Gasteiger partial charge in [-0.3, -0.25) is 9.59 Å². The van der Waals surface area contributed by atoms with Gasteiger partial charge >= 0.3 is 11.8 Å². The minimum absolute atomic E-state index is 0.137. The molecule has 0 aliphatic carbocycles. The first-order valence-electron chi connectivity index (χ1n) is 8.27. The lowest BCUT2D eigenvalue weighted by Crippen LogP contribution is -2.38. The number of carbonyl (C=O) groups is 2. The first kappa shape index (κ1) is 19.9. The summed E-state index contributed by atoms with van der Waals surface area (Å²) in [4.78, 5) is 24.4. The number of amides is 2. The van der Waals surface area contributed by atoms with Gasteiger partial charge in [0.25, 0.3) is 0 Å². The Hall–Kier alpha value is -2.37. The summed E-state index contributed by atoms with van der Waals surface area (Å²) in [6.45, 7) is 5.91. The van der Waals surface area contributed by atoms with Crippen molar-refractivity contribution >= 4 is 29.1 Å². The molecule has 2 aromatic rings. The molecule has 0 heterocycles. The van der Waals surface area contributed by atoms with Gasteiger partial charge in [-0.15, -0.1) is 0 Å². The number of nitrogens with one attached hydrogen (secondary N) is 2. The molecule has 0 aliphatic rings. The average Bonchev–Trinajstić information content (AvgIpc) is 2.59. The van der Waals surface area contributed by atoms with E-state index in [1.807, 2.05) is 51.1 Å². The third-order valence-electron chi connectivity index (χ3n) is 4.11. The molecule has 0 bridgehead atoms. The highest BCUT2D eigenvalue weighted by Crippen LogP contribution is 2.24. The summed E-state index contributed by atoms with van der Waals surface area (Å²) >= 11 is 6.16. The molecule has 0 saturated carbocycles. The molecule has 6 heteroatoms. The smallest absolute Gasteiger partial charge is 0.313 e. The van der Waals surface area contributed by atoms with E-state index in [0.717, 1.165) is 22.3 Å². The quantitative estimate of drug-likeness (QED) is 0.784. The highest BCUT2D eigenvalue weighted by molar-refractivity contribution is 6.39. The molecule has 0 spiro atoms. The number of halogens is 1. The van der Waals surface area contributed by atoms with Crippen LogP contribution >= 0.6 is 11.6 Å². The maximum absolute atomic E-state index is 12.2. The molecule has 1 atom stereocenters. The van der Waals surface area contributed by atoms with Gasteiger partial charge < -0.3 is 15.4 Å². The summed E-state index contributed by atoms with van der Waals surface area (Å²) in [6, 6.07) is 11.1. The molecule has 0 aromatic heterocycles. The van der Waals surface area contributed by atoms with Gasteiger partial charge in [0, 0.05) is 29.9 Å². The fourth-order valence-corrected chi connectivity index (χ4v) is 3.13. The van der Waals surface area contributed by atoms with Crippen LogP contribution in [0.1, 0.15) is 28.4 Å². The van der Waals surface area contributed by atoms with Crippen LogP contribution in [0, 0.1) is 20.8 Å². The van der Waals surface area contributed by atoms with E-state index in [0.29, 0.717) is 10.7 Å². The summed E-state index contributed by atoms with van der Waals surface area (Å²) in [5.41, 5.74) is 4.34. The van der Waals surface area contributed by atoms with Crippen molar-refractivity contribution in [2.75, 3.05) is 19.0 Å². The second kappa shape index (κ2) is 8.83. The second-order valence-corrected chi connectivity index (χ2v) is 6.59. The van der Waals surface area contributed by atoms with Crippen LogP contribution in [0.5, 0.6) is 0 Å². The summed E-state index contributed by atoms with van der Waals surface area (Å²) < 4.78 is 5.39. The molecule has 0 radical (unpaired) electrons. The fraction of sp³-hybridized carbons (Fsp3) is 0.300. The van der Waals surface area contributed by atoms with Crippen molar-refractivity contribution in [2.24, 2.45) is 0 Å². The molecular formula is C20H23ClN2O3. The Morgan fingerprint density at radius 2 is 1.69 bits per heavy atom. The van der Waals surface area contributed by atoms with Crippen molar-refractivity contribution in [3.05, 3.63) is 63.7 Å². The van der Waals surface area contributed by atoms with Gasteiger partial charge in [-0.1, -0.05) is 47.5 Å². The van der Waals surface area contributed by atoms with Crippen molar-refractivity contribution in [3.8, 4) is 0 Å². The van der Waals surface area contributed by atoms with Crippen LogP contribution < -0.4 is 10.6 Å². The predicted octanol–water partition coefficient (Wildman–Crippen LogP) is 3.71. The highest BCUT2D eigenvalue weighted by atomic mass is 35.5. The molecule has 5 nitrogen and oxygen atoms in total. The number of carbonyl (C=O) groups excluding carboxylic acids is 2. The van der Waals surface area contributed by atoms with E-state index in [1.54, 1.807) is 6.07 Å². The maximum Gasteiger partial charge on any atom is 0.313 e. The van der Waals surface area contributed by atoms with E-state index in [-0.39, 0.29) is 6.54 Å². The fourth-order valence-electron chi connectivity index (χ4n) is 2.87. The molecular weight excluding hydrogens is 352 g/mol. The van der Waals surface area contributed by atoms with Crippen LogP contribution in [0.25, 0.3) is 0 Å². The Labute approximate surface area is 158 Å². The van der Waals surface area contributed by atoms with Crippen LogP contribution in [0.15, 0.2) is 36.4 Å². The van der Waals surface area contributed by atoms with E-state index < -0.39 is 17.9 Å². The molecule has 2 amide bonds. The number of hydrogen-bond donors (Lipinski definition) is 2. The van der Waals surface area contributed by atoms with E-state index in [2.05, 4.69) is 10.6 Å². The summed E-state index contributed by atoms with van der Waals surface area (Å²) in [7, 11) is 1.53. The Bertz CT molecular complexity index is 797.